The van der Waals surface area contributed by atoms with Crippen LogP contribution >= 0.6 is 0 Å². The number of nitrogens with one attached hydrogen (secondary N) is 1. The van der Waals surface area contributed by atoms with E-state index in [2.05, 4.69) is 27.5 Å². The molecule has 3 rings (SSSR count). The Kier molecular flexibility index (Phi) is 3.63. The standard InChI is InChI=1S/C15H21N5O/c1-11-7-9-20(19-11)14-6-5-13(17-18-14)16-12-4-3-8-15(12,2)10-21/h5-7,9,12,21H,3-4,8,10H2,1-2H3,(H,16,17)/t12-,15+/m1/s1. The first kappa shape index (κ1) is 14.0. The summed E-state index contributed by atoms with van der Waals surface area (Å²) in [5, 5.41) is 25.7. The molecule has 1 saturated carbocycles. The molecule has 0 bridgehead atoms. The summed E-state index contributed by atoms with van der Waals surface area (Å²) in [6, 6.07) is 5.98. The Hall–Kier alpha value is -1.95. The second kappa shape index (κ2) is 5.44. The Balaban J connectivity index is 1.73. The van der Waals surface area contributed by atoms with Crippen LogP contribution in [0.3, 0.4) is 0 Å². The van der Waals surface area contributed by atoms with E-state index in [-0.39, 0.29) is 18.1 Å². The van der Waals surface area contributed by atoms with Crippen molar-refractivity contribution in [2.75, 3.05) is 11.9 Å². The molecule has 2 aromatic rings. The third kappa shape index (κ3) is 2.76. The molecule has 0 radical (unpaired) electrons. The van der Waals surface area contributed by atoms with Gasteiger partial charge in [0.05, 0.1) is 12.3 Å². The number of aliphatic hydroxyl groups is 1. The molecule has 0 aliphatic heterocycles. The molecule has 0 amide bonds. The molecule has 0 unspecified atom stereocenters. The SMILES string of the molecule is Cc1ccn(-c2ccc(N[C@@H]3CCC[C@@]3(C)CO)nn2)n1. The van der Waals surface area contributed by atoms with E-state index in [1.54, 1.807) is 4.68 Å². The zero-order valence-electron chi connectivity index (χ0n) is 12.5. The largest absolute Gasteiger partial charge is 0.396 e. The first-order chi connectivity index (χ1) is 10.1. The van der Waals surface area contributed by atoms with E-state index in [1.165, 1.54) is 0 Å². The average Bonchev–Trinajstić information content (AvgIpc) is 3.08. The Labute approximate surface area is 124 Å². The third-order valence-corrected chi connectivity index (χ3v) is 4.37. The van der Waals surface area contributed by atoms with Gasteiger partial charge >= 0.3 is 0 Å². The van der Waals surface area contributed by atoms with E-state index in [9.17, 15) is 5.11 Å². The van der Waals surface area contributed by atoms with Gasteiger partial charge in [0, 0.05) is 17.7 Å². The van der Waals surface area contributed by atoms with Crippen LogP contribution in [0.25, 0.3) is 5.82 Å². The smallest absolute Gasteiger partial charge is 0.175 e. The molecule has 1 aliphatic rings. The van der Waals surface area contributed by atoms with Gasteiger partial charge in [-0.05, 0) is 38.0 Å². The maximum absolute atomic E-state index is 9.58. The van der Waals surface area contributed by atoms with Crippen LogP contribution in [0.5, 0.6) is 0 Å². The maximum atomic E-state index is 9.58. The molecule has 0 spiro atoms. The second-order valence-corrected chi connectivity index (χ2v) is 6.08. The minimum atomic E-state index is -0.0700. The van der Waals surface area contributed by atoms with Crippen LogP contribution in [0, 0.1) is 12.3 Å². The van der Waals surface area contributed by atoms with Crippen LogP contribution in [-0.4, -0.2) is 37.7 Å². The molecule has 1 fully saturated rings. The second-order valence-electron chi connectivity index (χ2n) is 6.08. The van der Waals surface area contributed by atoms with Gasteiger partial charge in [-0.1, -0.05) is 13.3 Å². The van der Waals surface area contributed by atoms with Gasteiger partial charge < -0.3 is 10.4 Å². The van der Waals surface area contributed by atoms with Crippen molar-refractivity contribution >= 4 is 5.82 Å². The number of anilines is 1. The lowest BCUT2D eigenvalue weighted by molar-refractivity contribution is 0.139. The number of aliphatic hydroxyl groups excluding tert-OH is 1. The summed E-state index contributed by atoms with van der Waals surface area (Å²) in [4.78, 5) is 0. The van der Waals surface area contributed by atoms with E-state index in [1.807, 2.05) is 31.3 Å². The molecule has 6 heteroatoms. The van der Waals surface area contributed by atoms with E-state index < -0.39 is 0 Å². The van der Waals surface area contributed by atoms with Gasteiger partial charge in [0.25, 0.3) is 0 Å². The lowest BCUT2D eigenvalue weighted by atomic mass is 9.86. The van der Waals surface area contributed by atoms with Crippen molar-refractivity contribution in [2.24, 2.45) is 5.41 Å². The predicted molar refractivity (Wildman–Crippen MR) is 80.3 cm³/mol. The number of nitrogens with zero attached hydrogens (tertiary/aromatic N) is 4. The van der Waals surface area contributed by atoms with Crippen LogP contribution in [0.2, 0.25) is 0 Å². The summed E-state index contributed by atoms with van der Waals surface area (Å²) < 4.78 is 1.71. The van der Waals surface area contributed by atoms with Gasteiger partial charge in [-0.3, -0.25) is 0 Å². The lowest BCUT2D eigenvalue weighted by Gasteiger charge is -2.30. The van der Waals surface area contributed by atoms with Crippen LogP contribution in [-0.2, 0) is 0 Å². The molecular weight excluding hydrogens is 266 g/mol. The van der Waals surface area contributed by atoms with Crippen molar-refractivity contribution in [3.05, 3.63) is 30.1 Å². The number of rotatable bonds is 4. The van der Waals surface area contributed by atoms with Gasteiger partial charge in [-0.25, -0.2) is 4.68 Å². The van der Waals surface area contributed by atoms with Crippen LogP contribution in [0.15, 0.2) is 24.4 Å². The van der Waals surface area contributed by atoms with Crippen LogP contribution in [0.4, 0.5) is 5.82 Å². The van der Waals surface area contributed by atoms with Gasteiger partial charge in [-0.15, -0.1) is 10.2 Å². The highest BCUT2D eigenvalue weighted by atomic mass is 16.3. The number of aryl methyl sites for hydroxylation is 1. The van der Waals surface area contributed by atoms with E-state index >= 15 is 0 Å². The zero-order chi connectivity index (χ0) is 14.9. The fourth-order valence-corrected chi connectivity index (χ4v) is 2.91. The van der Waals surface area contributed by atoms with Gasteiger partial charge in [0.15, 0.2) is 5.82 Å². The normalized spacial score (nSPS) is 25.2. The summed E-state index contributed by atoms with van der Waals surface area (Å²) in [6.45, 7) is 4.25. The van der Waals surface area contributed by atoms with Crippen molar-refractivity contribution in [3.8, 4) is 5.82 Å². The fourth-order valence-electron chi connectivity index (χ4n) is 2.91. The number of hydrogen-bond donors (Lipinski definition) is 2. The molecule has 21 heavy (non-hydrogen) atoms. The molecule has 2 N–H and O–H groups in total. The molecule has 0 saturated heterocycles. The molecule has 2 heterocycles. The Morgan fingerprint density at radius 3 is 2.86 bits per heavy atom. The summed E-state index contributed by atoms with van der Waals surface area (Å²) >= 11 is 0. The van der Waals surface area contributed by atoms with Gasteiger partial charge in [-0.2, -0.15) is 5.10 Å². The first-order valence-corrected chi connectivity index (χ1v) is 7.34. The highest BCUT2D eigenvalue weighted by Gasteiger charge is 2.38. The molecule has 112 valence electrons. The van der Waals surface area contributed by atoms with E-state index in [4.69, 9.17) is 0 Å². The first-order valence-electron chi connectivity index (χ1n) is 7.34. The average molecular weight is 287 g/mol. The summed E-state index contributed by atoms with van der Waals surface area (Å²) in [5.41, 5.74) is 0.878. The highest BCUT2D eigenvalue weighted by Crippen LogP contribution is 2.38. The molecule has 0 aromatic carbocycles. The molecule has 1 aliphatic carbocycles. The third-order valence-electron chi connectivity index (χ3n) is 4.37. The zero-order valence-corrected chi connectivity index (χ0v) is 12.5. The Morgan fingerprint density at radius 1 is 1.38 bits per heavy atom. The molecular formula is C15H21N5O. The topological polar surface area (TPSA) is 75.9 Å². The minimum absolute atomic E-state index is 0.0700. The summed E-state index contributed by atoms with van der Waals surface area (Å²) in [7, 11) is 0. The molecule has 2 aromatic heterocycles. The summed E-state index contributed by atoms with van der Waals surface area (Å²) in [6.07, 6.45) is 5.09. The number of aromatic nitrogens is 4. The van der Waals surface area contributed by atoms with Crippen molar-refractivity contribution in [3.63, 3.8) is 0 Å². The van der Waals surface area contributed by atoms with Crippen molar-refractivity contribution in [1.82, 2.24) is 20.0 Å². The number of hydrogen-bond acceptors (Lipinski definition) is 5. The van der Waals surface area contributed by atoms with Crippen LogP contribution < -0.4 is 5.32 Å². The predicted octanol–water partition coefficient (Wildman–Crippen LogP) is 1.93. The Bertz CT molecular complexity index is 609. The minimum Gasteiger partial charge on any atom is -0.396 e. The van der Waals surface area contributed by atoms with Gasteiger partial charge in [0.2, 0.25) is 0 Å². The van der Waals surface area contributed by atoms with E-state index in [0.717, 1.165) is 30.8 Å². The van der Waals surface area contributed by atoms with Gasteiger partial charge in [0.1, 0.15) is 5.82 Å². The highest BCUT2D eigenvalue weighted by molar-refractivity contribution is 5.38. The monoisotopic (exact) mass is 287 g/mol. The Morgan fingerprint density at radius 2 is 2.24 bits per heavy atom. The van der Waals surface area contributed by atoms with Crippen molar-refractivity contribution in [2.45, 2.75) is 39.2 Å². The maximum Gasteiger partial charge on any atom is 0.175 e. The summed E-state index contributed by atoms with van der Waals surface area (Å²) in [5.74, 6) is 1.44. The van der Waals surface area contributed by atoms with E-state index in [0.29, 0.717) is 5.82 Å². The molecule has 2 atom stereocenters. The van der Waals surface area contributed by atoms with Crippen molar-refractivity contribution in [1.29, 1.82) is 0 Å². The molecule has 6 nitrogen and oxygen atoms in total. The van der Waals surface area contributed by atoms with Crippen LogP contribution in [0.1, 0.15) is 31.9 Å². The fraction of sp³-hybridized carbons (Fsp3) is 0.533. The quantitative estimate of drug-likeness (QED) is 0.898. The van der Waals surface area contributed by atoms with Crippen molar-refractivity contribution < 1.29 is 5.11 Å². The lowest BCUT2D eigenvalue weighted by Crippen LogP contribution is -2.36.